The first-order chi connectivity index (χ1) is 9.34. The third-order valence-corrected chi connectivity index (χ3v) is 5.64. The number of carbonyl (C=O) groups excluding carboxylic acids is 1. The van der Waals surface area contributed by atoms with Crippen molar-refractivity contribution in [2.75, 3.05) is 37.8 Å². The van der Waals surface area contributed by atoms with Crippen LogP contribution in [0, 0.1) is 0 Å². The minimum atomic E-state index is 0.0801. The lowest BCUT2D eigenvalue weighted by atomic mass is 9.99. The van der Waals surface area contributed by atoms with Crippen LogP contribution >= 0.6 is 11.8 Å². The summed E-state index contributed by atoms with van der Waals surface area (Å²) in [6.45, 7) is 4.48. The van der Waals surface area contributed by atoms with Gasteiger partial charge in [-0.05, 0) is 38.8 Å². The van der Waals surface area contributed by atoms with Crippen LogP contribution in [-0.4, -0.2) is 65.6 Å². The molecule has 0 aromatic rings. The predicted octanol–water partition coefficient (Wildman–Crippen LogP) is 1.13. The molecule has 108 valence electrons. The number of nitrogens with zero attached hydrogens (tertiary/aromatic N) is 2. The van der Waals surface area contributed by atoms with E-state index >= 15 is 0 Å². The Bertz CT molecular complexity index is 306. The average molecular weight is 283 g/mol. The van der Waals surface area contributed by atoms with Crippen molar-refractivity contribution >= 4 is 17.7 Å². The normalized spacial score (nSPS) is 30.7. The van der Waals surface area contributed by atoms with E-state index in [1.165, 1.54) is 45.2 Å². The van der Waals surface area contributed by atoms with Gasteiger partial charge < -0.3 is 9.80 Å². The minimum absolute atomic E-state index is 0.0801. The Hall–Kier alpha value is -0.260. The summed E-state index contributed by atoms with van der Waals surface area (Å²) in [5, 5.41) is 3.29. The largest absolute Gasteiger partial charge is 0.341 e. The smallest absolute Gasteiger partial charge is 0.240 e. The summed E-state index contributed by atoms with van der Waals surface area (Å²) >= 11 is 1.83. The molecule has 0 bridgehead atoms. The Morgan fingerprint density at radius 3 is 2.42 bits per heavy atom. The van der Waals surface area contributed by atoms with E-state index in [1.807, 2.05) is 11.8 Å². The quantitative estimate of drug-likeness (QED) is 0.824. The summed E-state index contributed by atoms with van der Waals surface area (Å²) in [5.74, 6) is 2.22. The van der Waals surface area contributed by atoms with Gasteiger partial charge in [-0.15, -0.1) is 11.8 Å². The third kappa shape index (κ3) is 3.26. The first-order valence-corrected chi connectivity index (χ1v) is 8.84. The molecule has 0 saturated carbocycles. The number of likely N-dealkylation sites (tertiary alicyclic amines) is 2. The average Bonchev–Trinajstić information content (AvgIpc) is 3.02. The highest BCUT2D eigenvalue weighted by molar-refractivity contribution is 7.99. The van der Waals surface area contributed by atoms with E-state index in [0.717, 1.165) is 30.8 Å². The minimum Gasteiger partial charge on any atom is -0.341 e. The maximum atomic E-state index is 12.3. The molecule has 1 atom stereocenters. The van der Waals surface area contributed by atoms with Gasteiger partial charge in [-0.25, -0.2) is 0 Å². The molecule has 1 amide bonds. The number of nitrogens with one attached hydrogen (secondary N) is 1. The van der Waals surface area contributed by atoms with Crippen LogP contribution in [0.5, 0.6) is 0 Å². The number of amides is 1. The number of carbonyl (C=O) groups is 1. The van der Waals surface area contributed by atoms with Gasteiger partial charge in [0.1, 0.15) is 0 Å². The molecule has 3 aliphatic rings. The van der Waals surface area contributed by atoms with Crippen LogP contribution in [0.3, 0.4) is 0 Å². The zero-order valence-electron chi connectivity index (χ0n) is 11.6. The number of hydrogen-bond donors (Lipinski definition) is 1. The topological polar surface area (TPSA) is 35.6 Å². The van der Waals surface area contributed by atoms with Crippen molar-refractivity contribution in [3.8, 4) is 0 Å². The van der Waals surface area contributed by atoms with Crippen LogP contribution in [0.2, 0.25) is 0 Å². The fourth-order valence-corrected chi connectivity index (χ4v) is 4.44. The number of piperidine rings is 2. The Morgan fingerprint density at radius 2 is 1.79 bits per heavy atom. The van der Waals surface area contributed by atoms with Crippen LogP contribution in [0.4, 0.5) is 0 Å². The second kappa shape index (κ2) is 6.46. The van der Waals surface area contributed by atoms with E-state index in [-0.39, 0.29) is 6.04 Å². The molecule has 3 heterocycles. The fraction of sp³-hybridized carbons (Fsp3) is 0.929. The first kappa shape index (κ1) is 13.7. The molecule has 0 aromatic carbocycles. The lowest BCUT2D eigenvalue weighted by Crippen LogP contribution is -2.52. The second-order valence-corrected chi connectivity index (χ2v) is 6.96. The third-order valence-electron chi connectivity index (χ3n) is 4.70. The van der Waals surface area contributed by atoms with Gasteiger partial charge in [0.15, 0.2) is 0 Å². The van der Waals surface area contributed by atoms with Gasteiger partial charge in [-0.1, -0.05) is 6.42 Å². The van der Waals surface area contributed by atoms with Crippen LogP contribution in [0.15, 0.2) is 0 Å². The van der Waals surface area contributed by atoms with Crippen molar-refractivity contribution in [2.45, 2.75) is 44.2 Å². The van der Waals surface area contributed by atoms with Crippen LogP contribution < -0.4 is 5.32 Å². The van der Waals surface area contributed by atoms with Crippen molar-refractivity contribution in [1.82, 2.24) is 15.1 Å². The molecule has 0 aromatic heterocycles. The summed E-state index contributed by atoms with van der Waals surface area (Å²) in [5.41, 5.74) is 0. The van der Waals surface area contributed by atoms with E-state index in [1.54, 1.807) is 0 Å². The van der Waals surface area contributed by atoms with Crippen molar-refractivity contribution in [3.63, 3.8) is 0 Å². The van der Waals surface area contributed by atoms with Gasteiger partial charge >= 0.3 is 0 Å². The van der Waals surface area contributed by atoms with E-state index < -0.39 is 0 Å². The summed E-state index contributed by atoms with van der Waals surface area (Å²) in [6.07, 6.45) is 6.47. The molecule has 0 spiro atoms. The first-order valence-electron chi connectivity index (χ1n) is 7.68. The number of hydrogen-bond acceptors (Lipinski definition) is 4. The lowest BCUT2D eigenvalue weighted by molar-refractivity contribution is -0.134. The maximum Gasteiger partial charge on any atom is 0.240 e. The van der Waals surface area contributed by atoms with Crippen molar-refractivity contribution < 1.29 is 4.79 Å². The zero-order chi connectivity index (χ0) is 13.1. The Balaban J connectivity index is 1.47. The van der Waals surface area contributed by atoms with E-state index in [9.17, 15) is 4.79 Å². The number of thioether (sulfide) groups is 1. The van der Waals surface area contributed by atoms with Crippen LogP contribution in [-0.2, 0) is 4.79 Å². The van der Waals surface area contributed by atoms with Gasteiger partial charge in [0.05, 0.1) is 6.04 Å². The SMILES string of the molecule is O=C(C1CSCN1)N1CCC(N2CCCCC2)CC1. The molecule has 5 heteroatoms. The summed E-state index contributed by atoms with van der Waals surface area (Å²) < 4.78 is 0. The molecule has 3 aliphatic heterocycles. The van der Waals surface area contributed by atoms with E-state index in [0.29, 0.717) is 5.91 Å². The highest BCUT2D eigenvalue weighted by atomic mass is 32.2. The molecule has 3 saturated heterocycles. The molecule has 1 unspecified atom stereocenters. The van der Waals surface area contributed by atoms with Gasteiger partial charge in [0.25, 0.3) is 0 Å². The summed E-state index contributed by atoms with van der Waals surface area (Å²) in [4.78, 5) is 17.1. The van der Waals surface area contributed by atoms with Crippen LogP contribution in [0.1, 0.15) is 32.1 Å². The molecule has 4 nitrogen and oxygen atoms in total. The monoisotopic (exact) mass is 283 g/mol. The Kier molecular flexibility index (Phi) is 4.66. The van der Waals surface area contributed by atoms with Gasteiger partial charge in [-0.3, -0.25) is 10.1 Å². The molecule has 1 N–H and O–H groups in total. The molecule has 3 rings (SSSR count). The molecule has 3 fully saturated rings. The molecular formula is C14H25N3OS. The zero-order valence-corrected chi connectivity index (χ0v) is 12.5. The maximum absolute atomic E-state index is 12.3. The van der Waals surface area contributed by atoms with Gasteiger partial charge in [0.2, 0.25) is 5.91 Å². The molecular weight excluding hydrogens is 258 g/mol. The Labute approximate surface area is 120 Å². The van der Waals surface area contributed by atoms with Crippen molar-refractivity contribution in [3.05, 3.63) is 0 Å². The predicted molar refractivity (Wildman–Crippen MR) is 79.3 cm³/mol. The second-order valence-electron chi connectivity index (χ2n) is 5.92. The van der Waals surface area contributed by atoms with Crippen molar-refractivity contribution in [2.24, 2.45) is 0 Å². The lowest BCUT2D eigenvalue weighted by Gasteiger charge is -2.40. The standard InChI is InChI=1S/C14H25N3OS/c18-14(13-10-19-11-15-13)17-8-4-12(5-9-17)16-6-2-1-3-7-16/h12-13,15H,1-11H2. The summed E-state index contributed by atoms with van der Waals surface area (Å²) in [6, 6.07) is 0.812. The molecule has 0 radical (unpaired) electrons. The molecule has 0 aliphatic carbocycles. The van der Waals surface area contributed by atoms with E-state index in [2.05, 4.69) is 15.1 Å². The molecule has 19 heavy (non-hydrogen) atoms. The summed E-state index contributed by atoms with van der Waals surface area (Å²) in [7, 11) is 0. The van der Waals surface area contributed by atoms with E-state index in [4.69, 9.17) is 0 Å². The van der Waals surface area contributed by atoms with Crippen LogP contribution in [0.25, 0.3) is 0 Å². The highest BCUT2D eigenvalue weighted by Crippen LogP contribution is 2.22. The number of rotatable bonds is 2. The Morgan fingerprint density at radius 1 is 1.05 bits per heavy atom. The highest BCUT2D eigenvalue weighted by Gasteiger charge is 2.31. The van der Waals surface area contributed by atoms with Gasteiger partial charge in [0, 0.05) is 30.8 Å². The van der Waals surface area contributed by atoms with Gasteiger partial charge in [-0.2, -0.15) is 0 Å². The van der Waals surface area contributed by atoms with Crippen molar-refractivity contribution in [1.29, 1.82) is 0 Å². The fourth-order valence-electron chi connectivity index (χ4n) is 3.51.